The number of aryl methyl sites for hydroxylation is 1. The molecule has 3 nitrogen and oxygen atoms in total. The first kappa shape index (κ1) is 14.6. The van der Waals surface area contributed by atoms with E-state index in [9.17, 15) is 4.79 Å². The van der Waals surface area contributed by atoms with Crippen LogP contribution in [0.15, 0.2) is 24.3 Å². The number of hydrogen-bond donors (Lipinski definition) is 1. The van der Waals surface area contributed by atoms with Gasteiger partial charge >= 0.3 is 0 Å². The highest BCUT2D eigenvalue weighted by molar-refractivity contribution is 5.84. The molecular formula is C18H26N2O. The second-order valence-electron chi connectivity index (χ2n) is 6.70. The first-order valence-electron chi connectivity index (χ1n) is 8.27. The molecule has 1 aromatic carbocycles. The second-order valence-corrected chi connectivity index (χ2v) is 6.70. The molecule has 3 rings (SSSR count). The summed E-state index contributed by atoms with van der Waals surface area (Å²) in [6.07, 6.45) is 4.63. The number of benzene rings is 1. The molecule has 1 aromatic rings. The summed E-state index contributed by atoms with van der Waals surface area (Å²) in [6, 6.07) is 9.04. The van der Waals surface area contributed by atoms with E-state index in [1.165, 1.54) is 17.5 Å². The van der Waals surface area contributed by atoms with Crippen molar-refractivity contribution in [1.29, 1.82) is 0 Å². The van der Waals surface area contributed by atoms with Crippen LogP contribution in [0.3, 0.4) is 0 Å². The topological polar surface area (TPSA) is 32.3 Å². The summed E-state index contributed by atoms with van der Waals surface area (Å²) in [7, 11) is 0. The van der Waals surface area contributed by atoms with Crippen LogP contribution < -0.4 is 5.32 Å². The fraction of sp³-hybridized carbons (Fsp3) is 0.611. The zero-order valence-corrected chi connectivity index (χ0v) is 13.3. The van der Waals surface area contributed by atoms with Gasteiger partial charge in [-0.1, -0.05) is 38.1 Å². The number of nitrogens with one attached hydrogen (secondary N) is 1. The molecule has 4 unspecified atom stereocenters. The molecule has 1 saturated heterocycles. The smallest absolute Gasteiger partial charge is 0.241 e. The van der Waals surface area contributed by atoms with Gasteiger partial charge in [-0.3, -0.25) is 10.1 Å². The van der Waals surface area contributed by atoms with Gasteiger partial charge in [0.15, 0.2) is 0 Å². The first-order chi connectivity index (χ1) is 10.1. The fourth-order valence-electron chi connectivity index (χ4n) is 3.75. The molecule has 2 fully saturated rings. The van der Waals surface area contributed by atoms with Crippen molar-refractivity contribution >= 4 is 5.91 Å². The Hall–Kier alpha value is -1.35. The van der Waals surface area contributed by atoms with Gasteiger partial charge in [0.2, 0.25) is 5.91 Å². The molecule has 1 aliphatic carbocycles. The van der Waals surface area contributed by atoms with Crippen molar-refractivity contribution in [3.8, 4) is 0 Å². The summed E-state index contributed by atoms with van der Waals surface area (Å²) in [5.74, 6) is 1.00. The van der Waals surface area contributed by atoms with Gasteiger partial charge in [-0.15, -0.1) is 0 Å². The van der Waals surface area contributed by atoms with Crippen LogP contribution in [0, 0.1) is 5.92 Å². The summed E-state index contributed by atoms with van der Waals surface area (Å²) in [5, 5.41) is 3.48. The average molecular weight is 286 g/mol. The van der Waals surface area contributed by atoms with Gasteiger partial charge in [0.25, 0.3) is 0 Å². The number of rotatable bonds is 3. The van der Waals surface area contributed by atoms with Gasteiger partial charge in [0.1, 0.15) is 6.17 Å². The van der Waals surface area contributed by atoms with Crippen LogP contribution in [0.25, 0.3) is 0 Å². The van der Waals surface area contributed by atoms with Crippen LogP contribution in [0.2, 0.25) is 0 Å². The first-order valence-corrected chi connectivity index (χ1v) is 8.27. The van der Waals surface area contributed by atoms with E-state index in [1.54, 1.807) is 0 Å². The van der Waals surface area contributed by atoms with Crippen LogP contribution in [-0.4, -0.2) is 22.9 Å². The minimum atomic E-state index is -0.0724. The largest absolute Gasteiger partial charge is 0.319 e. The molecule has 3 heteroatoms. The normalized spacial score (nSPS) is 32.9. The van der Waals surface area contributed by atoms with E-state index in [2.05, 4.69) is 48.3 Å². The lowest BCUT2D eigenvalue weighted by Gasteiger charge is -2.30. The minimum Gasteiger partial charge on any atom is -0.319 e. The molecule has 0 spiro atoms. The number of hydrogen-bond acceptors (Lipinski definition) is 2. The van der Waals surface area contributed by atoms with E-state index in [4.69, 9.17) is 0 Å². The monoisotopic (exact) mass is 286 g/mol. The molecule has 0 radical (unpaired) electrons. The predicted molar refractivity (Wildman–Crippen MR) is 84.8 cm³/mol. The predicted octanol–water partition coefficient (Wildman–Crippen LogP) is 3.26. The maximum Gasteiger partial charge on any atom is 0.241 e. The van der Waals surface area contributed by atoms with Crippen molar-refractivity contribution < 1.29 is 4.79 Å². The Balaban J connectivity index is 1.85. The van der Waals surface area contributed by atoms with E-state index in [0.29, 0.717) is 6.04 Å². The Morgan fingerprint density at radius 2 is 1.90 bits per heavy atom. The third kappa shape index (κ3) is 2.71. The van der Waals surface area contributed by atoms with Crippen LogP contribution >= 0.6 is 0 Å². The summed E-state index contributed by atoms with van der Waals surface area (Å²) in [4.78, 5) is 14.7. The third-order valence-electron chi connectivity index (χ3n) is 5.08. The summed E-state index contributed by atoms with van der Waals surface area (Å²) >= 11 is 0. The van der Waals surface area contributed by atoms with E-state index in [1.807, 2.05) is 6.92 Å². The van der Waals surface area contributed by atoms with Gasteiger partial charge in [-0.2, -0.15) is 0 Å². The molecule has 114 valence electrons. The number of carbonyl (C=O) groups is 1. The van der Waals surface area contributed by atoms with Crippen molar-refractivity contribution in [2.75, 3.05) is 0 Å². The molecule has 0 bridgehead atoms. The van der Waals surface area contributed by atoms with Gasteiger partial charge in [-0.05, 0) is 49.7 Å². The Kier molecular flexibility index (Phi) is 4.03. The van der Waals surface area contributed by atoms with Gasteiger partial charge in [0, 0.05) is 6.04 Å². The second kappa shape index (κ2) is 5.80. The molecule has 1 amide bonds. The molecule has 1 N–H and O–H groups in total. The summed E-state index contributed by atoms with van der Waals surface area (Å²) in [6.45, 7) is 6.44. The third-order valence-corrected chi connectivity index (χ3v) is 5.08. The Morgan fingerprint density at radius 1 is 1.19 bits per heavy atom. The van der Waals surface area contributed by atoms with Gasteiger partial charge in [0.05, 0.1) is 6.04 Å². The maximum atomic E-state index is 12.6. The molecule has 1 heterocycles. The zero-order valence-electron chi connectivity index (χ0n) is 13.3. The van der Waals surface area contributed by atoms with Gasteiger partial charge < -0.3 is 4.90 Å². The Labute approximate surface area is 127 Å². The van der Waals surface area contributed by atoms with E-state index < -0.39 is 0 Å². The maximum absolute atomic E-state index is 12.6. The highest BCUT2D eigenvalue weighted by Gasteiger charge is 2.42. The standard InChI is InChI=1S/C18H26N2O/c1-4-14-6-8-15(9-7-14)17-19-13(3)18(21)20(17)16-10-5-12(2)11-16/h6-9,12-13,16-17,19H,4-5,10-11H2,1-3H3. The minimum absolute atomic E-state index is 0.0497. The molecule has 1 saturated carbocycles. The van der Waals surface area contributed by atoms with Crippen LogP contribution in [0.1, 0.15) is 57.3 Å². The molecular weight excluding hydrogens is 260 g/mol. The lowest BCUT2D eigenvalue weighted by atomic mass is 10.1. The van der Waals surface area contributed by atoms with E-state index in [-0.39, 0.29) is 18.1 Å². The van der Waals surface area contributed by atoms with Crippen LogP contribution in [0.4, 0.5) is 0 Å². The van der Waals surface area contributed by atoms with E-state index in [0.717, 1.165) is 25.2 Å². The molecule has 1 aliphatic heterocycles. The lowest BCUT2D eigenvalue weighted by molar-refractivity contribution is -0.132. The zero-order chi connectivity index (χ0) is 15.0. The molecule has 2 aliphatic rings. The fourth-order valence-corrected chi connectivity index (χ4v) is 3.75. The SMILES string of the molecule is CCc1ccc(C2NC(C)C(=O)N2C2CCC(C)C2)cc1. The number of nitrogens with zero attached hydrogens (tertiary/aromatic N) is 1. The molecule has 21 heavy (non-hydrogen) atoms. The van der Waals surface area contributed by atoms with Crippen molar-refractivity contribution in [3.63, 3.8) is 0 Å². The Bertz CT molecular complexity index is 510. The quantitative estimate of drug-likeness (QED) is 0.925. The average Bonchev–Trinajstić information content (AvgIpc) is 3.04. The van der Waals surface area contributed by atoms with Crippen LogP contribution in [0.5, 0.6) is 0 Å². The van der Waals surface area contributed by atoms with Crippen LogP contribution in [-0.2, 0) is 11.2 Å². The van der Waals surface area contributed by atoms with Crippen molar-refractivity contribution in [1.82, 2.24) is 10.2 Å². The van der Waals surface area contributed by atoms with Crippen molar-refractivity contribution in [3.05, 3.63) is 35.4 Å². The number of amides is 1. The molecule has 4 atom stereocenters. The number of carbonyl (C=O) groups excluding carboxylic acids is 1. The Morgan fingerprint density at radius 3 is 2.48 bits per heavy atom. The van der Waals surface area contributed by atoms with E-state index >= 15 is 0 Å². The summed E-state index contributed by atoms with van der Waals surface area (Å²) < 4.78 is 0. The highest BCUT2D eigenvalue weighted by Crippen LogP contribution is 2.36. The highest BCUT2D eigenvalue weighted by atomic mass is 16.2. The molecule has 0 aromatic heterocycles. The van der Waals surface area contributed by atoms with Gasteiger partial charge in [-0.25, -0.2) is 0 Å². The summed E-state index contributed by atoms with van der Waals surface area (Å²) in [5.41, 5.74) is 2.56. The van der Waals surface area contributed by atoms with Crippen molar-refractivity contribution in [2.24, 2.45) is 5.92 Å². The van der Waals surface area contributed by atoms with Crippen molar-refractivity contribution in [2.45, 2.75) is 64.7 Å². The lowest BCUT2D eigenvalue weighted by Crippen LogP contribution is -2.38.